The zero-order chi connectivity index (χ0) is 15.3. The van der Waals surface area contributed by atoms with Gasteiger partial charge in [-0.15, -0.1) is 0 Å². The smallest absolute Gasteiger partial charge is 0.318 e. The minimum absolute atomic E-state index is 0.149. The molecule has 3 amide bonds. The van der Waals surface area contributed by atoms with Crippen LogP contribution in [0.25, 0.3) is 0 Å². The highest BCUT2D eigenvalue weighted by molar-refractivity contribution is 5.96. The molecule has 3 N–H and O–H groups in total. The summed E-state index contributed by atoms with van der Waals surface area (Å²) >= 11 is 0. The Morgan fingerprint density at radius 1 is 1.20 bits per heavy atom. The van der Waals surface area contributed by atoms with Gasteiger partial charge >= 0.3 is 6.03 Å². The van der Waals surface area contributed by atoms with Crippen LogP contribution in [0.4, 0.5) is 4.79 Å². The molecule has 2 unspecified atom stereocenters. The number of hydrogen-bond acceptors (Lipinski definition) is 2. The van der Waals surface area contributed by atoms with Crippen molar-refractivity contribution in [3.8, 4) is 0 Å². The normalized spacial score (nSPS) is 26.8. The predicted molar refractivity (Wildman–Crippen MR) is 81.0 cm³/mol. The largest absolute Gasteiger partial charge is 0.351 e. The number of hydrogen-bond donors (Lipinski definition) is 2. The number of nitrogens with one attached hydrogen (secondary N) is 1. The van der Waals surface area contributed by atoms with Gasteiger partial charge in [-0.25, -0.2) is 4.79 Å². The lowest BCUT2D eigenvalue weighted by atomic mass is 9.60. The predicted octanol–water partition coefficient (Wildman–Crippen LogP) is 3.45. The summed E-state index contributed by atoms with van der Waals surface area (Å²) in [5.74, 6) is 1.20. The number of carbonyl (C=O) groups is 2. The Morgan fingerprint density at radius 2 is 1.85 bits per heavy atom. The second-order valence-corrected chi connectivity index (χ2v) is 7.14. The second-order valence-electron chi connectivity index (χ2n) is 7.14. The van der Waals surface area contributed by atoms with E-state index >= 15 is 0 Å². The van der Waals surface area contributed by atoms with Crippen LogP contribution in [0.3, 0.4) is 0 Å². The molecule has 4 nitrogen and oxygen atoms in total. The molecule has 0 aromatic carbocycles. The summed E-state index contributed by atoms with van der Waals surface area (Å²) in [7, 11) is 0. The first-order valence-corrected chi connectivity index (χ1v) is 7.89. The maximum absolute atomic E-state index is 12.6. The summed E-state index contributed by atoms with van der Waals surface area (Å²) in [6.45, 7) is 8.67. The summed E-state index contributed by atoms with van der Waals surface area (Å²) < 4.78 is 0. The van der Waals surface area contributed by atoms with Crippen molar-refractivity contribution in [3.05, 3.63) is 0 Å². The van der Waals surface area contributed by atoms with E-state index in [0.29, 0.717) is 17.8 Å². The first-order chi connectivity index (χ1) is 9.28. The number of amides is 3. The molecule has 0 aromatic heterocycles. The summed E-state index contributed by atoms with van der Waals surface area (Å²) in [6, 6.07) is -0.730. The lowest BCUT2D eigenvalue weighted by molar-refractivity contribution is -0.137. The number of imide groups is 1. The Hall–Kier alpha value is -1.06. The van der Waals surface area contributed by atoms with Crippen molar-refractivity contribution in [2.45, 2.75) is 66.2 Å². The van der Waals surface area contributed by atoms with Crippen molar-refractivity contribution in [2.75, 3.05) is 0 Å². The molecule has 0 saturated heterocycles. The third kappa shape index (κ3) is 4.22. The van der Waals surface area contributed by atoms with E-state index in [0.717, 1.165) is 32.1 Å². The average Bonchev–Trinajstić information content (AvgIpc) is 2.29. The van der Waals surface area contributed by atoms with Crippen LogP contribution in [-0.2, 0) is 4.79 Å². The van der Waals surface area contributed by atoms with Gasteiger partial charge in [0.05, 0.1) is 5.41 Å². The molecule has 20 heavy (non-hydrogen) atoms. The van der Waals surface area contributed by atoms with Crippen LogP contribution in [0.2, 0.25) is 0 Å². The SMILES string of the molecule is CC(C)CC1CCCCC1(CC(C)C)C(=O)NC(N)=O. The first kappa shape index (κ1) is 17.0. The van der Waals surface area contributed by atoms with Gasteiger partial charge in [-0.3, -0.25) is 10.1 Å². The second kappa shape index (κ2) is 7.09. The Morgan fingerprint density at radius 3 is 2.35 bits per heavy atom. The van der Waals surface area contributed by atoms with Gasteiger partial charge in [0.2, 0.25) is 5.91 Å². The first-order valence-electron chi connectivity index (χ1n) is 7.89. The monoisotopic (exact) mass is 282 g/mol. The van der Waals surface area contributed by atoms with Crippen molar-refractivity contribution in [1.29, 1.82) is 0 Å². The maximum atomic E-state index is 12.6. The van der Waals surface area contributed by atoms with Gasteiger partial charge in [0.25, 0.3) is 0 Å². The van der Waals surface area contributed by atoms with Crippen LogP contribution < -0.4 is 11.1 Å². The van der Waals surface area contributed by atoms with E-state index < -0.39 is 11.4 Å². The van der Waals surface area contributed by atoms with Crippen LogP contribution in [0.5, 0.6) is 0 Å². The van der Waals surface area contributed by atoms with Crippen LogP contribution >= 0.6 is 0 Å². The molecule has 1 aliphatic carbocycles. The van der Waals surface area contributed by atoms with Crippen LogP contribution in [0.1, 0.15) is 66.2 Å². The van der Waals surface area contributed by atoms with Crippen LogP contribution in [0, 0.1) is 23.2 Å². The molecule has 0 aromatic rings. The molecule has 0 heterocycles. The topological polar surface area (TPSA) is 72.2 Å². The van der Waals surface area contributed by atoms with Crippen molar-refractivity contribution >= 4 is 11.9 Å². The fourth-order valence-electron chi connectivity index (χ4n) is 3.85. The number of carbonyl (C=O) groups excluding carboxylic acids is 2. The van der Waals surface area contributed by atoms with Crippen molar-refractivity contribution in [2.24, 2.45) is 28.9 Å². The summed E-state index contributed by atoms with van der Waals surface area (Å²) in [6.07, 6.45) is 6.08. The van der Waals surface area contributed by atoms with Gasteiger partial charge in [0.1, 0.15) is 0 Å². The lowest BCUT2D eigenvalue weighted by Crippen LogP contribution is -2.51. The summed E-state index contributed by atoms with van der Waals surface area (Å²) in [5, 5.41) is 2.36. The summed E-state index contributed by atoms with van der Waals surface area (Å²) in [4.78, 5) is 23.7. The average molecular weight is 282 g/mol. The van der Waals surface area contributed by atoms with Crippen molar-refractivity contribution in [3.63, 3.8) is 0 Å². The molecule has 0 aliphatic heterocycles. The molecule has 1 aliphatic rings. The standard InChI is InChI=1S/C16H30N2O2/c1-11(2)9-13-7-5-6-8-16(13,10-12(3)4)14(19)18-15(17)20/h11-13H,5-10H2,1-4H3,(H3,17,18,19,20). The van der Waals surface area contributed by atoms with Crippen molar-refractivity contribution in [1.82, 2.24) is 5.32 Å². The number of urea groups is 1. The minimum atomic E-state index is -0.730. The molecule has 1 saturated carbocycles. The number of primary amides is 1. The quantitative estimate of drug-likeness (QED) is 0.810. The van der Waals surface area contributed by atoms with E-state index in [2.05, 4.69) is 33.0 Å². The zero-order valence-corrected chi connectivity index (χ0v) is 13.4. The van der Waals surface area contributed by atoms with Gasteiger partial charge in [-0.05, 0) is 43.4 Å². The fraction of sp³-hybridized carbons (Fsp3) is 0.875. The molecule has 0 radical (unpaired) electrons. The van der Waals surface area contributed by atoms with E-state index in [-0.39, 0.29) is 5.91 Å². The molecular formula is C16H30N2O2. The lowest BCUT2D eigenvalue weighted by Gasteiger charge is -2.44. The Labute approximate surface area is 122 Å². The molecule has 116 valence electrons. The van der Waals surface area contributed by atoms with E-state index in [9.17, 15) is 9.59 Å². The Bertz CT molecular complexity index is 352. The van der Waals surface area contributed by atoms with Crippen LogP contribution in [0.15, 0.2) is 0 Å². The highest BCUT2D eigenvalue weighted by atomic mass is 16.2. The van der Waals surface area contributed by atoms with Crippen LogP contribution in [-0.4, -0.2) is 11.9 Å². The van der Waals surface area contributed by atoms with Gasteiger partial charge in [-0.2, -0.15) is 0 Å². The van der Waals surface area contributed by atoms with Gasteiger partial charge in [-0.1, -0.05) is 40.5 Å². The molecule has 0 bridgehead atoms. The fourth-order valence-corrected chi connectivity index (χ4v) is 3.85. The third-order valence-corrected chi connectivity index (χ3v) is 4.42. The number of nitrogens with two attached hydrogens (primary N) is 1. The highest BCUT2D eigenvalue weighted by Crippen LogP contribution is 2.48. The molecule has 2 atom stereocenters. The van der Waals surface area contributed by atoms with Gasteiger partial charge in [0, 0.05) is 0 Å². The van der Waals surface area contributed by atoms with E-state index in [1.54, 1.807) is 0 Å². The van der Waals surface area contributed by atoms with E-state index in [1.165, 1.54) is 6.42 Å². The molecule has 0 spiro atoms. The van der Waals surface area contributed by atoms with Crippen molar-refractivity contribution < 1.29 is 9.59 Å². The van der Waals surface area contributed by atoms with Gasteiger partial charge < -0.3 is 5.73 Å². The molecule has 1 fully saturated rings. The minimum Gasteiger partial charge on any atom is -0.351 e. The molecule has 1 rings (SSSR count). The molecular weight excluding hydrogens is 252 g/mol. The summed E-state index contributed by atoms with van der Waals surface area (Å²) in [5.41, 5.74) is 4.75. The third-order valence-electron chi connectivity index (χ3n) is 4.42. The Balaban J connectivity index is 3.03. The molecule has 4 heteroatoms. The number of rotatable bonds is 5. The van der Waals surface area contributed by atoms with E-state index in [4.69, 9.17) is 5.73 Å². The van der Waals surface area contributed by atoms with Gasteiger partial charge in [0.15, 0.2) is 0 Å². The zero-order valence-electron chi connectivity index (χ0n) is 13.4. The highest BCUT2D eigenvalue weighted by Gasteiger charge is 2.47. The maximum Gasteiger partial charge on any atom is 0.318 e. The Kier molecular flexibility index (Phi) is 6.03. The van der Waals surface area contributed by atoms with E-state index in [1.807, 2.05) is 0 Å².